The summed E-state index contributed by atoms with van der Waals surface area (Å²) in [5.41, 5.74) is -0.138. The maximum atomic E-state index is 13.3. The van der Waals surface area contributed by atoms with Crippen molar-refractivity contribution in [2.24, 2.45) is 23.2 Å². The van der Waals surface area contributed by atoms with Crippen molar-refractivity contribution in [1.29, 1.82) is 0 Å². The van der Waals surface area contributed by atoms with Crippen LogP contribution in [-0.4, -0.2) is 62.1 Å². The van der Waals surface area contributed by atoms with Crippen molar-refractivity contribution in [2.75, 3.05) is 0 Å². The Morgan fingerprint density at radius 2 is 1.89 bits per heavy atom. The number of hydrogen-bond acceptors (Lipinski definition) is 9. The first-order chi connectivity index (χ1) is 17.2. The summed E-state index contributed by atoms with van der Waals surface area (Å²) >= 11 is 1.35. The molecule has 8 atom stereocenters. The molecule has 2 aliphatic rings. The number of nitrogens with zero attached hydrogens (tertiary/aromatic N) is 1. The first-order valence-corrected chi connectivity index (χ1v) is 14.1. The predicted molar refractivity (Wildman–Crippen MR) is 142 cm³/mol. The number of hydrogen-bond donors (Lipinski definition) is 3. The first-order valence-electron chi connectivity index (χ1n) is 13.2. The van der Waals surface area contributed by atoms with Crippen LogP contribution in [0.2, 0.25) is 0 Å². The highest BCUT2D eigenvalue weighted by Crippen LogP contribution is 2.47. The zero-order valence-electron chi connectivity index (χ0n) is 23.1. The third kappa shape index (κ3) is 6.68. The average molecular weight is 538 g/mol. The van der Waals surface area contributed by atoms with E-state index in [2.05, 4.69) is 11.9 Å². The molecule has 1 aromatic rings. The topological polar surface area (TPSA) is 129 Å². The number of thiazole rings is 1. The van der Waals surface area contributed by atoms with E-state index in [-0.39, 0.29) is 42.4 Å². The second-order valence-electron chi connectivity index (χ2n) is 11.8. The van der Waals surface area contributed by atoms with Gasteiger partial charge in [-0.3, -0.25) is 9.59 Å². The molecule has 9 heteroatoms. The highest BCUT2D eigenvalue weighted by atomic mass is 32.1. The number of epoxide rings is 1. The zero-order valence-corrected chi connectivity index (χ0v) is 23.9. The molecular formula is C28H43NO7S. The highest BCUT2D eigenvalue weighted by molar-refractivity contribution is 7.09. The standard InChI is InChI=1S/C28H43NO7S/c1-15-9-8-10-28(7)26(36-28)18(4)24(16(2)11-19-14-37-21(13-30)29-19)35-22(32)12-20(31)27(5,6)25(34)17(3)23(15)33/h11,14-15,17-18,20,23-24,26,30-31,33H,8-10,12-13H2,1-7H3/b16-11+/t15-,17+,18+,20-,23-,24+,26-,28+/m0/s1. The molecule has 208 valence electrons. The Labute approximate surface area is 224 Å². The van der Waals surface area contributed by atoms with Gasteiger partial charge in [-0.25, -0.2) is 4.98 Å². The summed E-state index contributed by atoms with van der Waals surface area (Å²) in [6, 6.07) is 0. The van der Waals surface area contributed by atoms with E-state index in [4.69, 9.17) is 9.47 Å². The lowest BCUT2D eigenvalue weighted by Crippen LogP contribution is -2.46. The van der Waals surface area contributed by atoms with Gasteiger partial charge in [0.2, 0.25) is 0 Å². The van der Waals surface area contributed by atoms with E-state index in [1.165, 1.54) is 11.3 Å². The Kier molecular flexibility index (Phi) is 9.39. The SMILES string of the molecule is C/C(=C\c1csc(CO)n1)[C@H]1OC(=O)C[C@H](O)C(C)(C)C(=O)[C@H](C)[C@@H](O)[C@@H](C)CCC[C@@]2(C)O[C@H]2[C@@H]1C. The van der Waals surface area contributed by atoms with Crippen LogP contribution >= 0.6 is 11.3 Å². The van der Waals surface area contributed by atoms with E-state index >= 15 is 0 Å². The highest BCUT2D eigenvalue weighted by Gasteiger charge is 2.56. The van der Waals surface area contributed by atoms with Crippen LogP contribution in [0.1, 0.15) is 84.9 Å². The van der Waals surface area contributed by atoms with Crippen LogP contribution < -0.4 is 0 Å². The maximum Gasteiger partial charge on any atom is 0.309 e. The van der Waals surface area contributed by atoms with Gasteiger partial charge in [-0.2, -0.15) is 0 Å². The number of rotatable bonds is 3. The Bertz CT molecular complexity index is 1000. The van der Waals surface area contributed by atoms with Gasteiger partial charge in [0.15, 0.2) is 0 Å². The minimum absolute atomic E-state index is 0.0946. The first kappa shape index (κ1) is 29.9. The molecule has 2 aliphatic heterocycles. The molecule has 1 aromatic heterocycles. The summed E-state index contributed by atoms with van der Waals surface area (Å²) in [6.45, 7) is 12.6. The molecule has 37 heavy (non-hydrogen) atoms. The number of carbonyl (C=O) groups is 2. The maximum absolute atomic E-state index is 13.3. The van der Waals surface area contributed by atoms with Gasteiger partial charge in [-0.05, 0) is 44.3 Å². The molecule has 0 saturated carbocycles. The lowest BCUT2D eigenvalue weighted by molar-refractivity contribution is -0.156. The van der Waals surface area contributed by atoms with E-state index in [0.717, 1.165) is 24.8 Å². The van der Waals surface area contributed by atoms with Gasteiger partial charge in [0.1, 0.15) is 16.9 Å². The molecule has 0 unspecified atom stereocenters. The minimum Gasteiger partial charge on any atom is -0.457 e. The van der Waals surface area contributed by atoms with Crippen molar-refractivity contribution < 1.29 is 34.4 Å². The quantitative estimate of drug-likeness (QED) is 0.391. The third-order valence-electron chi connectivity index (χ3n) is 8.35. The number of ether oxygens (including phenoxy) is 2. The van der Waals surface area contributed by atoms with Crippen molar-refractivity contribution in [3.05, 3.63) is 21.7 Å². The predicted octanol–water partition coefficient (Wildman–Crippen LogP) is 3.91. The molecule has 2 saturated heterocycles. The monoisotopic (exact) mass is 537 g/mol. The summed E-state index contributed by atoms with van der Waals surface area (Å²) < 4.78 is 12.1. The van der Waals surface area contributed by atoms with Gasteiger partial charge >= 0.3 is 5.97 Å². The third-order valence-corrected chi connectivity index (χ3v) is 9.20. The number of aliphatic hydroxyl groups is 3. The van der Waals surface area contributed by atoms with Gasteiger partial charge in [0.05, 0.1) is 48.0 Å². The second-order valence-corrected chi connectivity index (χ2v) is 12.7. The fourth-order valence-electron chi connectivity index (χ4n) is 5.62. The Morgan fingerprint density at radius 3 is 2.51 bits per heavy atom. The average Bonchev–Trinajstić information content (AvgIpc) is 3.30. The number of cyclic esters (lactones) is 1. The molecule has 0 amide bonds. The summed E-state index contributed by atoms with van der Waals surface area (Å²) in [6.07, 6.45) is 1.03. The largest absolute Gasteiger partial charge is 0.457 e. The minimum atomic E-state index is -1.27. The fraction of sp³-hybridized carbons (Fsp3) is 0.750. The summed E-state index contributed by atoms with van der Waals surface area (Å²) in [5, 5.41) is 33.6. The number of ketones is 1. The zero-order chi connectivity index (χ0) is 27.7. The van der Waals surface area contributed by atoms with Crippen LogP contribution in [-0.2, 0) is 25.7 Å². The van der Waals surface area contributed by atoms with Crippen LogP contribution in [0.15, 0.2) is 11.0 Å². The van der Waals surface area contributed by atoms with E-state index in [0.29, 0.717) is 10.7 Å². The van der Waals surface area contributed by atoms with Gasteiger partial charge in [-0.15, -0.1) is 11.3 Å². The molecule has 3 heterocycles. The van der Waals surface area contributed by atoms with Gasteiger partial charge in [-0.1, -0.05) is 41.0 Å². The van der Waals surface area contributed by atoms with Crippen LogP contribution in [0.5, 0.6) is 0 Å². The molecule has 0 aliphatic carbocycles. The smallest absolute Gasteiger partial charge is 0.309 e. The molecule has 0 aromatic carbocycles. The van der Waals surface area contributed by atoms with E-state index in [9.17, 15) is 24.9 Å². The second kappa shape index (κ2) is 11.6. The van der Waals surface area contributed by atoms with E-state index in [1.807, 2.05) is 32.2 Å². The molecule has 0 bridgehead atoms. The molecular weight excluding hydrogens is 494 g/mol. The number of esters is 1. The van der Waals surface area contributed by atoms with Crippen LogP contribution in [0.3, 0.4) is 0 Å². The van der Waals surface area contributed by atoms with Crippen LogP contribution in [0.25, 0.3) is 6.08 Å². The van der Waals surface area contributed by atoms with Crippen LogP contribution in [0.4, 0.5) is 0 Å². The van der Waals surface area contributed by atoms with Gasteiger partial charge in [0, 0.05) is 17.2 Å². The van der Waals surface area contributed by atoms with Crippen molar-refractivity contribution in [1.82, 2.24) is 4.98 Å². The summed E-state index contributed by atoms with van der Waals surface area (Å²) in [5.74, 6) is -1.82. The molecule has 8 nitrogen and oxygen atoms in total. The number of aliphatic hydroxyl groups excluding tert-OH is 3. The molecule has 0 spiro atoms. The van der Waals surface area contributed by atoms with Gasteiger partial charge < -0.3 is 24.8 Å². The fourth-order valence-corrected chi connectivity index (χ4v) is 6.23. The number of carbonyl (C=O) groups excluding carboxylic acids is 2. The Balaban J connectivity index is 1.91. The van der Waals surface area contributed by atoms with Crippen molar-refractivity contribution in [3.63, 3.8) is 0 Å². The van der Waals surface area contributed by atoms with E-state index in [1.54, 1.807) is 20.8 Å². The molecule has 3 N–H and O–H groups in total. The van der Waals surface area contributed by atoms with Crippen LogP contribution in [0, 0.1) is 23.2 Å². The Morgan fingerprint density at radius 1 is 1.22 bits per heavy atom. The number of Topliss-reactive ketones (excluding diaryl/α,β-unsaturated/α-hetero) is 1. The lowest BCUT2D eigenvalue weighted by atomic mass is 9.73. The van der Waals surface area contributed by atoms with Crippen molar-refractivity contribution >= 4 is 29.2 Å². The molecule has 2 fully saturated rings. The van der Waals surface area contributed by atoms with Gasteiger partial charge in [0.25, 0.3) is 0 Å². The van der Waals surface area contributed by atoms with Crippen molar-refractivity contribution in [3.8, 4) is 0 Å². The molecule has 3 rings (SSSR count). The van der Waals surface area contributed by atoms with E-state index < -0.39 is 35.6 Å². The van der Waals surface area contributed by atoms with Crippen molar-refractivity contribution in [2.45, 2.75) is 111 Å². The normalized spacial score (nSPS) is 38.1. The summed E-state index contributed by atoms with van der Waals surface area (Å²) in [7, 11) is 0. The number of fused-ring (bicyclic) bond motifs is 1. The Hall–Kier alpha value is -1.65. The lowest BCUT2D eigenvalue weighted by Gasteiger charge is -2.35. The summed E-state index contributed by atoms with van der Waals surface area (Å²) in [4.78, 5) is 30.7. The number of aromatic nitrogens is 1. The molecule has 0 radical (unpaired) electrons.